The van der Waals surface area contributed by atoms with Crippen LogP contribution in [0.15, 0.2) is 22.7 Å². The maximum atomic E-state index is 10.6. The Morgan fingerprint density at radius 3 is 2.72 bits per heavy atom. The molecule has 0 saturated heterocycles. The second-order valence-corrected chi connectivity index (χ2v) is 4.00. The quantitative estimate of drug-likeness (QED) is 0.657. The summed E-state index contributed by atoms with van der Waals surface area (Å²) in [6.07, 6.45) is 0. The fraction of sp³-hybridized carbons (Fsp3) is 0.273. The second kappa shape index (κ2) is 4.53. The molecule has 0 aliphatic carbocycles. The van der Waals surface area contributed by atoms with Crippen molar-refractivity contribution in [3.63, 3.8) is 0 Å². The lowest BCUT2D eigenvalue weighted by atomic mass is 10.1. The van der Waals surface area contributed by atoms with Crippen molar-refractivity contribution in [1.82, 2.24) is 10.1 Å². The highest BCUT2D eigenvalue weighted by molar-refractivity contribution is 5.61. The minimum atomic E-state index is -0.446. The number of non-ortho nitro benzene ring substituents is 1. The summed E-state index contributed by atoms with van der Waals surface area (Å²) >= 11 is 0. The third-order valence-corrected chi connectivity index (χ3v) is 2.50. The molecule has 0 radical (unpaired) electrons. The SMILES string of the molecule is Cc1cc([N+](=O)[O-])ccc1-c1nc(C(C)N)no1. The van der Waals surface area contributed by atoms with Crippen molar-refractivity contribution >= 4 is 5.69 Å². The van der Waals surface area contributed by atoms with Crippen LogP contribution in [-0.2, 0) is 0 Å². The van der Waals surface area contributed by atoms with Gasteiger partial charge in [-0.1, -0.05) is 5.16 Å². The van der Waals surface area contributed by atoms with Gasteiger partial charge in [0.25, 0.3) is 11.6 Å². The van der Waals surface area contributed by atoms with Crippen molar-refractivity contribution < 1.29 is 9.45 Å². The maximum absolute atomic E-state index is 10.6. The normalized spacial score (nSPS) is 12.4. The fourth-order valence-corrected chi connectivity index (χ4v) is 1.53. The van der Waals surface area contributed by atoms with E-state index in [1.165, 1.54) is 12.1 Å². The molecule has 1 atom stereocenters. The predicted octanol–water partition coefficient (Wildman–Crippen LogP) is 1.97. The minimum absolute atomic E-state index is 0.0307. The Morgan fingerprint density at radius 1 is 1.50 bits per heavy atom. The molecule has 0 bridgehead atoms. The van der Waals surface area contributed by atoms with Crippen molar-refractivity contribution in [2.45, 2.75) is 19.9 Å². The van der Waals surface area contributed by atoms with Crippen LogP contribution in [0.5, 0.6) is 0 Å². The molecule has 2 N–H and O–H groups in total. The van der Waals surface area contributed by atoms with Gasteiger partial charge in [-0.15, -0.1) is 0 Å². The number of nitro benzene ring substituents is 1. The highest BCUT2D eigenvalue weighted by Crippen LogP contribution is 2.26. The molecule has 0 spiro atoms. The van der Waals surface area contributed by atoms with Gasteiger partial charge < -0.3 is 10.3 Å². The summed E-state index contributed by atoms with van der Waals surface area (Å²) in [6, 6.07) is 4.13. The van der Waals surface area contributed by atoms with Gasteiger partial charge in [-0.2, -0.15) is 4.98 Å². The zero-order valence-corrected chi connectivity index (χ0v) is 9.95. The topological polar surface area (TPSA) is 108 Å². The number of rotatable bonds is 3. The van der Waals surface area contributed by atoms with E-state index in [0.29, 0.717) is 22.8 Å². The minimum Gasteiger partial charge on any atom is -0.334 e. The molecule has 1 aromatic heterocycles. The van der Waals surface area contributed by atoms with Crippen LogP contribution in [0.3, 0.4) is 0 Å². The van der Waals surface area contributed by atoms with Crippen LogP contribution in [0.1, 0.15) is 24.4 Å². The van der Waals surface area contributed by atoms with Gasteiger partial charge >= 0.3 is 0 Å². The third kappa shape index (κ3) is 2.21. The monoisotopic (exact) mass is 248 g/mol. The Balaban J connectivity index is 2.41. The summed E-state index contributed by atoms with van der Waals surface area (Å²) in [6.45, 7) is 3.50. The molecule has 2 aromatic rings. The standard InChI is InChI=1S/C11H12N4O3/c1-6-5-8(15(16)17)3-4-9(6)11-13-10(7(2)12)14-18-11/h3-5,7H,12H2,1-2H3. The Labute approximate surface area is 103 Å². The van der Waals surface area contributed by atoms with Gasteiger partial charge in [-0.05, 0) is 25.5 Å². The van der Waals surface area contributed by atoms with E-state index in [1.807, 2.05) is 0 Å². The molecule has 2 rings (SSSR count). The summed E-state index contributed by atoms with van der Waals surface area (Å²) in [7, 11) is 0. The number of nitrogens with zero attached hydrogens (tertiary/aromatic N) is 3. The average Bonchev–Trinajstić information content (AvgIpc) is 2.78. The zero-order chi connectivity index (χ0) is 13.3. The molecule has 7 nitrogen and oxygen atoms in total. The highest BCUT2D eigenvalue weighted by Gasteiger charge is 2.15. The van der Waals surface area contributed by atoms with Crippen LogP contribution in [0.2, 0.25) is 0 Å². The van der Waals surface area contributed by atoms with Gasteiger partial charge in [0, 0.05) is 17.7 Å². The molecular weight excluding hydrogens is 236 g/mol. The Morgan fingerprint density at radius 2 is 2.22 bits per heavy atom. The molecule has 18 heavy (non-hydrogen) atoms. The largest absolute Gasteiger partial charge is 0.334 e. The van der Waals surface area contributed by atoms with Crippen molar-refractivity contribution in [1.29, 1.82) is 0 Å². The van der Waals surface area contributed by atoms with Gasteiger partial charge in [0.05, 0.1) is 11.0 Å². The van der Waals surface area contributed by atoms with Crippen LogP contribution in [0, 0.1) is 17.0 Å². The van der Waals surface area contributed by atoms with E-state index in [2.05, 4.69) is 10.1 Å². The highest BCUT2D eigenvalue weighted by atomic mass is 16.6. The van der Waals surface area contributed by atoms with E-state index in [-0.39, 0.29) is 11.7 Å². The van der Waals surface area contributed by atoms with Gasteiger partial charge in [0.15, 0.2) is 5.82 Å². The van der Waals surface area contributed by atoms with E-state index in [1.54, 1.807) is 19.9 Å². The molecule has 0 saturated carbocycles. The first-order valence-electron chi connectivity index (χ1n) is 5.33. The smallest absolute Gasteiger partial charge is 0.269 e. The molecule has 0 aliphatic rings. The van der Waals surface area contributed by atoms with Crippen molar-refractivity contribution in [2.24, 2.45) is 5.73 Å². The van der Waals surface area contributed by atoms with E-state index >= 15 is 0 Å². The summed E-state index contributed by atoms with van der Waals surface area (Å²) < 4.78 is 5.08. The van der Waals surface area contributed by atoms with Crippen LogP contribution in [0.4, 0.5) is 5.69 Å². The molecule has 0 fully saturated rings. The number of nitrogens with two attached hydrogens (primary N) is 1. The number of nitro groups is 1. The summed E-state index contributed by atoms with van der Waals surface area (Å²) in [5, 5.41) is 14.4. The van der Waals surface area contributed by atoms with Crippen LogP contribution in [0.25, 0.3) is 11.5 Å². The number of hydrogen-bond acceptors (Lipinski definition) is 6. The van der Waals surface area contributed by atoms with Crippen LogP contribution >= 0.6 is 0 Å². The van der Waals surface area contributed by atoms with E-state index in [0.717, 1.165) is 0 Å². The Kier molecular flexibility index (Phi) is 3.07. The maximum Gasteiger partial charge on any atom is 0.269 e. The average molecular weight is 248 g/mol. The van der Waals surface area contributed by atoms with Gasteiger partial charge in [-0.25, -0.2) is 0 Å². The fourth-order valence-electron chi connectivity index (χ4n) is 1.53. The van der Waals surface area contributed by atoms with Gasteiger partial charge in [0.2, 0.25) is 0 Å². The van der Waals surface area contributed by atoms with Crippen molar-refractivity contribution in [3.8, 4) is 11.5 Å². The third-order valence-electron chi connectivity index (χ3n) is 2.50. The van der Waals surface area contributed by atoms with Crippen LogP contribution in [-0.4, -0.2) is 15.1 Å². The zero-order valence-electron chi connectivity index (χ0n) is 9.95. The number of benzene rings is 1. The first-order chi connectivity index (χ1) is 8.49. The van der Waals surface area contributed by atoms with E-state index in [4.69, 9.17) is 10.3 Å². The molecule has 0 aliphatic heterocycles. The van der Waals surface area contributed by atoms with E-state index in [9.17, 15) is 10.1 Å². The van der Waals surface area contributed by atoms with Crippen molar-refractivity contribution in [2.75, 3.05) is 0 Å². The summed E-state index contributed by atoms with van der Waals surface area (Å²) in [5.74, 6) is 0.720. The Hall–Kier alpha value is -2.28. The number of hydrogen-bond donors (Lipinski definition) is 1. The first kappa shape index (κ1) is 12.2. The molecule has 0 amide bonds. The lowest BCUT2D eigenvalue weighted by Gasteiger charge is -2.00. The first-order valence-corrected chi connectivity index (χ1v) is 5.33. The Bertz CT molecular complexity index is 592. The molecular formula is C11H12N4O3. The molecule has 7 heteroatoms. The number of aromatic nitrogens is 2. The summed E-state index contributed by atoms with van der Waals surface area (Å²) in [4.78, 5) is 14.3. The van der Waals surface area contributed by atoms with E-state index < -0.39 is 4.92 Å². The lowest BCUT2D eigenvalue weighted by Crippen LogP contribution is -2.06. The van der Waals surface area contributed by atoms with Crippen LogP contribution < -0.4 is 5.73 Å². The molecule has 1 aromatic carbocycles. The number of aryl methyl sites for hydroxylation is 1. The molecule has 1 heterocycles. The molecule has 1 unspecified atom stereocenters. The predicted molar refractivity (Wildman–Crippen MR) is 63.7 cm³/mol. The lowest BCUT2D eigenvalue weighted by molar-refractivity contribution is -0.384. The van der Waals surface area contributed by atoms with Gasteiger partial charge in [0.1, 0.15) is 0 Å². The molecule has 94 valence electrons. The second-order valence-electron chi connectivity index (χ2n) is 4.00. The van der Waals surface area contributed by atoms with Crippen molar-refractivity contribution in [3.05, 3.63) is 39.7 Å². The summed E-state index contributed by atoms with van der Waals surface area (Å²) in [5.41, 5.74) is 7.03. The van der Waals surface area contributed by atoms with Gasteiger partial charge in [-0.3, -0.25) is 10.1 Å².